The Hall–Kier alpha value is -3.10. The number of halogens is 3. The molecule has 0 fully saturated rings. The highest BCUT2D eigenvalue weighted by Crippen LogP contribution is 2.29. The van der Waals surface area contributed by atoms with Gasteiger partial charge in [-0.3, -0.25) is 9.79 Å². The molecule has 29 heavy (non-hydrogen) atoms. The molecule has 9 heteroatoms. The summed E-state index contributed by atoms with van der Waals surface area (Å²) in [5.41, 5.74) is 0.846. The average Bonchev–Trinajstić information content (AvgIpc) is 2.65. The minimum absolute atomic E-state index is 0.184. The highest BCUT2D eigenvalue weighted by atomic mass is 19.4. The fourth-order valence-electron chi connectivity index (χ4n) is 2.64. The Bertz CT molecular complexity index is 850. The number of rotatable bonds is 6. The fourth-order valence-corrected chi connectivity index (χ4v) is 2.64. The summed E-state index contributed by atoms with van der Waals surface area (Å²) in [6.07, 6.45) is -4.14. The van der Waals surface area contributed by atoms with Gasteiger partial charge in [0.2, 0.25) is 5.91 Å². The van der Waals surface area contributed by atoms with E-state index in [1.54, 1.807) is 25.1 Å². The van der Waals surface area contributed by atoms with Crippen LogP contribution in [0.2, 0.25) is 0 Å². The van der Waals surface area contributed by atoms with Crippen LogP contribution in [0.25, 0.3) is 0 Å². The predicted molar refractivity (Wildman–Crippen MR) is 106 cm³/mol. The van der Waals surface area contributed by atoms with Crippen LogP contribution in [0.15, 0.2) is 47.5 Å². The number of pyridine rings is 1. The van der Waals surface area contributed by atoms with E-state index in [0.29, 0.717) is 30.4 Å². The van der Waals surface area contributed by atoms with Crippen molar-refractivity contribution in [3.8, 4) is 0 Å². The lowest BCUT2D eigenvalue weighted by Gasteiger charge is -2.22. The lowest BCUT2D eigenvalue weighted by molar-refractivity contribution is -0.137. The molecule has 0 saturated heterocycles. The van der Waals surface area contributed by atoms with E-state index in [1.165, 1.54) is 12.1 Å². The third kappa shape index (κ3) is 7.10. The van der Waals surface area contributed by atoms with Gasteiger partial charge in [-0.1, -0.05) is 18.2 Å². The minimum Gasteiger partial charge on any atom is -0.356 e. The standard InChI is InChI=1S/C20H24F3N5O/c1-14-5-4-6-17(26-14)27-18(29)11-12-25-19(24-2)28(3)13-15-7-9-16(10-8-15)20(21,22)23/h4-10H,11-13H2,1-3H3,(H,24,25)(H,26,27,29). The molecule has 2 rings (SSSR count). The van der Waals surface area contributed by atoms with Gasteiger partial charge in [-0.15, -0.1) is 0 Å². The molecule has 6 nitrogen and oxygen atoms in total. The summed E-state index contributed by atoms with van der Waals surface area (Å²) in [5.74, 6) is 0.849. The van der Waals surface area contributed by atoms with Gasteiger partial charge < -0.3 is 15.5 Å². The molecule has 0 saturated carbocycles. The monoisotopic (exact) mass is 407 g/mol. The van der Waals surface area contributed by atoms with E-state index in [-0.39, 0.29) is 12.3 Å². The molecule has 0 spiro atoms. The van der Waals surface area contributed by atoms with Gasteiger partial charge >= 0.3 is 6.18 Å². The summed E-state index contributed by atoms with van der Waals surface area (Å²) in [6.45, 7) is 2.56. The smallest absolute Gasteiger partial charge is 0.356 e. The summed E-state index contributed by atoms with van der Waals surface area (Å²) in [5, 5.41) is 5.79. The third-order valence-corrected chi connectivity index (χ3v) is 4.07. The maximum atomic E-state index is 12.7. The van der Waals surface area contributed by atoms with Crippen LogP contribution >= 0.6 is 0 Å². The van der Waals surface area contributed by atoms with Crippen LogP contribution in [0.3, 0.4) is 0 Å². The van der Waals surface area contributed by atoms with Crippen LogP contribution in [-0.4, -0.2) is 42.4 Å². The number of hydrogen-bond donors (Lipinski definition) is 2. The third-order valence-electron chi connectivity index (χ3n) is 4.07. The van der Waals surface area contributed by atoms with Crippen molar-refractivity contribution < 1.29 is 18.0 Å². The zero-order chi connectivity index (χ0) is 21.4. The van der Waals surface area contributed by atoms with Crippen molar-refractivity contribution in [1.29, 1.82) is 0 Å². The molecule has 1 amide bonds. The van der Waals surface area contributed by atoms with Crippen molar-refractivity contribution in [2.75, 3.05) is 26.0 Å². The lowest BCUT2D eigenvalue weighted by atomic mass is 10.1. The number of nitrogens with zero attached hydrogens (tertiary/aromatic N) is 3. The molecule has 0 bridgehead atoms. The Labute approximate surface area is 167 Å². The fraction of sp³-hybridized carbons (Fsp3) is 0.350. The second-order valence-electron chi connectivity index (χ2n) is 6.49. The van der Waals surface area contributed by atoms with E-state index in [0.717, 1.165) is 17.8 Å². The van der Waals surface area contributed by atoms with Crippen molar-refractivity contribution in [2.45, 2.75) is 26.1 Å². The molecule has 0 radical (unpaired) electrons. The Morgan fingerprint density at radius 3 is 2.45 bits per heavy atom. The number of hydrogen-bond acceptors (Lipinski definition) is 3. The zero-order valence-corrected chi connectivity index (χ0v) is 16.5. The maximum absolute atomic E-state index is 12.7. The summed E-state index contributed by atoms with van der Waals surface area (Å²) < 4.78 is 38.0. The van der Waals surface area contributed by atoms with Gasteiger partial charge in [0.1, 0.15) is 5.82 Å². The first-order chi connectivity index (χ1) is 13.7. The van der Waals surface area contributed by atoms with Crippen LogP contribution in [0.5, 0.6) is 0 Å². The Morgan fingerprint density at radius 2 is 1.86 bits per heavy atom. The molecule has 1 aromatic carbocycles. The zero-order valence-electron chi connectivity index (χ0n) is 16.5. The molecule has 0 aliphatic rings. The highest BCUT2D eigenvalue weighted by Gasteiger charge is 2.29. The Morgan fingerprint density at radius 1 is 1.17 bits per heavy atom. The van der Waals surface area contributed by atoms with Gasteiger partial charge in [0.15, 0.2) is 5.96 Å². The van der Waals surface area contributed by atoms with Crippen LogP contribution in [0.4, 0.5) is 19.0 Å². The molecule has 2 aromatic rings. The molecule has 0 aliphatic heterocycles. The van der Waals surface area contributed by atoms with E-state index < -0.39 is 11.7 Å². The maximum Gasteiger partial charge on any atom is 0.416 e. The van der Waals surface area contributed by atoms with Crippen LogP contribution in [0.1, 0.15) is 23.2 Å². The van der Waals surface area contributed by atoms with Crippen molar-refractivity contribution in [1.82, 2.24) is 15.2 Å². The van der Waals surface area contributed by atoms with Gasteiger partial charge in [-0.05, 0) is 36.8 Å². The summed E-state index contributed by atoms with van der Waals surface area (Å²) in [4.78, 5) is 22.2. The quantitative estimate of drug-likeness (QED) is 0.569. The number of benzene rings is 1. The highest BCUT2D eigenvalue weighted by molar-refractivity contribution is 5.90. The second-order valence-corrected chi connectivity index (χ2v) is 6.49. The molecule has 0 atom stereocenters. The van der Waals surface area contributed by atoms with E-state index >= 15 is 0 Å². The molecular formula is C20H24F3N5O. The van der Waals surface area contributed by atoms with Crippen molar-refractivity contribution >= 4 is 17.7 Å². The van der Waals surface area contributed by atoms with Gasteiger partial charge in [-0.2, -0.15) is 13.2 Å². The summed E-state index contributed by atoms with van der Waals surface area (Å²) in [6, 6.07) is 10.4. The first-order valence-electron chi connectivity index (χ1n) is 9.00. The molecule has 0 aliphatic carbocycles. The van der Waals surface area contributed by atoms with Crippen LogP contribution in [0, 0.1) is 6.92 Å². The van der Waals surface area contributed by atoms with Crippen molar-refractivity contribution in [3.05, 3.63) is 59.3 Å². The number of carbonyl (C=O) groups is 1. The predicted octanol–water partition coefficient (Wildman–Crippen LogP) is 3.44. The minimum atomic E-state index is -4.35. The topological polar surface area (TPSA) is 69.6 Å². The lowest BCUT2D eigenvalue weighted by Crippen LogP contribution is -2.39. The number of anilines is 1. The summed E-state index contributed by atoms with van der Waals surface area (Å²) in [7, 11) is 3.37. The van der Waals surface area contributed by atoms with E-state index in [1.807, 2.05) is 19.1 Å². The molecule has 156 valence electrons. The van der Waals surface area contributed by atoms with Crippen molar-refractivity contribution in [3.63, 3.8) is 0 Å². The number of aliphatic imine (C=N–C) groups is 1. The second kappa shape index (κ2) is 9.90. The van der Waals surface area contributed by atoms with Crippen molar-refractivity contribution in [2.24, 2.45) is 4.99 Å². The molecule has 1 aromatic heterocycles. The van der Waals surface area contributed by atoms with Crippen LogP contribution < -0.4 is 10.6 Å². The van der Waals surface area contributed by atoms with Gasteiger partial charge in [0.05, 0.1) is 5.56 Å². The van der Waals surface area contributed by atoms with Gasteiger partial charge in [0.25, 0.3) is 0 Å². The number of carbonyl (C=O) groups excluding carboxylic acids is 1. The number of aromatic nitrogens is 1. The average molecular weight is 407 g/mol. The van der Waals surface area contributed by atoms with E-state index in [9.17, 15) is 18.0 Å². The molecule has 2 N–H and O–H groups in total. The molecule has 1 heterocycles. The number of guanidine groups is 1. The SMILES string of the molecule is CN=C(NCCC(=O)Nc1cccc(C)n1)N(C)Cc1ccc(C(F)(F)F)cc1. The number of aryl methyl sites for hydroxylation is 1. The first kappa shape index (κ1) is 22.2. The molecular weight excluding hydrogens is 383 g/mol. The van der Waals surface area contributed by atoms with Crippen LogP contribution in [-0.2, 0) is 17.5 Å². The number of alkyl halides is 3. The largest absolute Gasteiger partial charge is 0.416 e. The van der Waals surface area contributed by atoms with Gasteiger partial charge in [-0.25, -0.2) is 4.98 Å². The van der Waals surface area contributed by atoms with E-state index in [4.69, 9.17) is 0 Å². The normalized spacial score (nSPS) is 11.9. The van der Waals surface area contributed by atoms with E-state index in [2.05, 4.69) is 20.6 Å². The summed E-state index contributed by atoms with van der Waals surface area (Å²) >= 11 is 0. The molecule has 0 unspecified atom stereocenters. The Kier molecular flexibility index (Phi) is 7.58. The Balaban J connectivity index is 1.82. The number of nitrogens with one attached hydrogen (secondary N) is 2. The number of amides is 1. The first-order valence-corrected chi connectivity index (χ1v) is 9.00. The van der Waals surface area contributed by atoms with Gasteiger partial charge in [0, 0.05) is 39.3 Å².